The van der Waals surface area contributed by atoms with Gasteiger partial charge in [0.25, 0.3) is 0 Å². The standard InChI is InChI=1S/C41H36O21/c42-20-7-16-15-4-2-1-3-13(15)11-57-34-26-12-58-38(54)18-9-24(46)30(49)32(51)27(18)28-19(10-25(47)31(50)33(28)52)40(56)60-35(34)36(61-39(55)17(16)8-21(20)43)41(59-26)62-37(53)14-5-22(44)29(48)23(45)6-14/h5-10,13,15,26,34-36,41-52H,1-4,11-12H2. The molecule has 4 bridgehead atoms. The Balaban J connectivity index is 1.33. The second-order valence-electron chi connectivity index (χ2n) is 15.1. The molecule has 1 saturated heterocycles. The van der Waals surface area contributed by atoms with E-state index in [2.05, 4.69) is 0 Å². The van der Waals surface area contributed by atoms with Crippen LogP contribution in [-0.2, 0) is 28.4 Å². The highest BCUT2D eigenvalue weighted by molar-refractivity contribution is 6.08. The number of rotatable bonds is 2. The summed E-state index contributed by atoms with van der Waals surface area (Å²) in [5.74, 6) is -18.1. The molecule has 0 amide bonds. The molecule has 1 aliphatic carbocycles. The lowest BCUT2D eigenvalue weighted by atomic mass is 9.74. The third kappa shape index (κ3) is 6.95. The summed E-state index contributed by atoms with van der Waals surface area (Å²) in [6, 6.07) is 4.71. The number of hydrogen-bond donors (Lipinski definition) is 11. The first-order valence-corrected chi connectivity index (χ1v) is 18.9. The van der Waals surface area contributed by atoms with Crippen LogP contribution < -0.4 is 0 Å². The quantitative estimate of drug-likeness (QED) is 0.0782. The molecular formula is C41H36O21. The van der Waals surface area contributed by atoms with Gasteiger partial charge in [-0.3, -0.25) is 0 Å². The average Bonchev–Trinajstić information content (AvgIpc) is 3.25. The molecule has 1 saturated carbocycles. The number of cyclic esters (lactones) is 1. The van der Waals surface area contributed by atoms with Crippen molar-refractivity contribution in [2.75, 3.05) is 13.2 Å². The lowest BCUT2D eigenvalue weighted by molar-refractivity contribution is -0.292. The van der Waals surface area contributed by atoms with Gasteiger partial charge in [-0.25, -0.2) is 19.2 Å². The monoisotopic (exact) mass is 864 g/mol. The number of carbonyl (C=O) groups is 4. The molecule has 7 atom stereocenters. The zero-order chi connectivity index (χ0) is 44.5. The number of benzene rings is 4. The molecule has 4 aromatic carbocycles. The van der Waals surface area contributed by atoms with Gasteiger partial charge in [0.05, 0.1) is 28.9 Å². The van der Waals surface area contributed by atoms with Crippen LogP contribution in [0.15, 0.2) is 36.4 Å². The van der Waals surface area contributed by atoms with Crippen molar-refractivity contribution in [3.8, 4) is 74.4 Å². The predicted molar refractivity (Wildman–Crippen MR) is 200 cm³/mol. The van der Waals surface area contributed by atoms with Crippen LogP contribution in [0.25, 0.3) is 11.1 Å². The Bertz CT molecular complexity index is 2530. The Hall–Kier alpha value is -7.52. The number of carbonyl (C=O) groups excluding carboxylic acids is 4. The van der Waals surface area contributed by atoms with Gasteiger partial charge in [0.1, 0.15) is 18.8 Å². The second kappa shape index (κ2) is 15.5. The van der Waals surface area contributed by atoms with Gasteiger partial charge in [-0.15, -0.1) is 0 Å². The van der Waals surface area contributed by atoms with E-state index >= 15 is 0 Å². The van der Waals surface area contributed by atoms with Crippen molar-refractivity contribution in [3.63, 3.8) is 0 Å². The van der Waals surface area contributed by atoms with Crippen molar-refractivity contribution in [1.29, 1.82) is 0 Å². The molecule has 0 aromatic heterocycles. The van der Waals surface area contributed by atoms with Crippen LogP contribution in [0.3, 0.4) is 0 Å². The smallest absolute Gasteiger partial charge is 0.340 e. The average molecular weight is 865 g/mol. The fraction of sp³-hybridized carbons (Fsp3) is 0.317. The largest absolute Gasteiger partial charge is 0.504 e. The second-order valence-corrected chi connectivity index (χ2v) is 15.1. The fourth-order valence-electron chi connectivity index (χ4n) is 8.32. The Morgan fingerprint density at radius 3 is 1.73 bits per heavy atom. The summed E-state index contributed by atoms with van der Waals surface area (Å²) in [5, 5.41) is 116. The van der Waals surface area contributed by atoms with E-state index in [9.17, 15) is 75.3 Å². The minimum atomic E-state index is -2.19. The van der Waals surface area contributed by atoms with Crippen LogP contribution in [0.1, 0.15) is 78.6 Å². The molecule has 62 heavy (non-hydrogen) atoms. The molecular weight excluding hydrogens is 828 g/mol. The van der Waals surface area contributed by atoms with Crippen molar-refractivity contribution in [2.45, 2.75) is 62.3 Å². The molecule has 0 radical (unpaired) electrons. The highest BCUT2D eigenvalue weighted by atomic mass is 16.7. The molecule has 21 nitrogen and oxygen atoms in total. The van der Waals surface area contributed by atoms with Crippen LogP contribution in [0.5, 0.6) is 63.2 Å². The van der Waals surface area contributed by atoms with E-state index < -0.39 is 164 Å². The Morgan fingerprint density at radius 1 is 0.548 bits per heavy atom. The van der Waals surface area contributed by atoms with E-state index in [1.165, 1.54) is 6.07 Å². The molecule has 3 aliphatic heterocycles. The number of fused-ring (bicyclic) bond motifs is 6. The highest BCUT2D eigenvalue weighted by Gasteiger charge is 2.55. The predicted octanol–water partition coefficient (Wildman–Crippen LogP) is 3.29. The third-order valence-electron chi connectivity index (χ3n) is 11.4. The zero-order valence-electron chi connectivity index (χ0n) is 31.8. The summed E-state index contributed by atoms with van der Waals surface area (Å²) in [7, 11) is 0. The van der Waals surface area contributed by atoms with Crippen LogP contribution in [0.2, 0.25) is 0 Å². The summed E-state index contributed by atoms with van der Waals surface area (Å²) in [6.45, 7) is -1.09. The summed E-state index contributed by atoms with van der Waals surface area (Å²) in [6.07, 6.45) is -7.21. The van der Waals surface area contributed by atoms with Gasteiger partial charge in [-0.2, -0.15) is 0 Å². The van der Waals surface area contributed by atoms with E-state index in [4.69, 9.17) is 28.4 Å². The summed E-state index contributed by atoms with van der Waals surface area (Å²) in [5.41, 5.74) is -4.20. The van der Waals surface area contributed by atoms with Crippen molar-refractivity contribution in [3.05, 3.63) is 64.2 Å². The van der Waals surface area contributed by atoms with Crippen LogP contribution in [0, 0.1) is 5.92 Å². The molecule has 3 heterocycles. The van der Waals surface area contributed by atoms with Crippen LogP contribution >= 0.6 is 0 Å². The molecule has 8 rings (SSSR count). The highest BCUT2D eigenvalue weighted by Crippen LogP contribution is 2.53. The molecule has 4 aromatic rings. The van der Waals surface area contributed by atoms with Crippen molar-refractivity contribution < 1.29 is 104 Å². The first-order chi connectivity index (χ1) is 29.4. The van der Waals surface area contributed by atoms with E-state index in [-0.39, 0.29) is 17.7 Å². The van der Waals surface area contributed by atoms with Gasteiger partial charge in [0.2, 0.25) is 23.9 Å². The first-order valence-electron chi connectivity index (χ1n) is 18.9. The SMILES string of the molecule is O=C(OC1OC2COC(=O)c3cc(O)c(O)c(O)c3-c3c(cc(O)c(O)c3O)C(=O)OC3C2OCC2CCCCC2c2cc(O)c(O)cc2C(=O)OC13)c1cc(O)c(O)c(O)c1. The van der Waals surface area contributed by atoms with Gasteiger partial charge in [0.15, 0.2) is 57.8 Å². The Labute approximate surface area is 347 Å². The minimum absolute atomic E-state index is 0.189. The minimum Gasteiger partial charge on any atom is -0.504 e. The number of phenols is 11. The number of hydrogen-bond acceptors (Lipinski definition) is 21. The normalized spacial score (nSPS) is 24.7. The molecule has 7 unspecified atom stereocenters. The molecule has 21 heteroatoms. The molecule has 4 aliphatic rings. The maximum atomic E-state index is 14.6. The maximum absolute atomic E-state index is 14.6. The van der Waals surface area contributed by atoms with E-state index in [1.807, 2.05) is 0 Å². The molecule has 11 N–H and O–H groups in total. The number of ether oxygens (including phenoxy) is 6. The van der Waals surface area contributed by atoms with Crippen molar-refractivity contribution in [1.82, 2.24) is 0 Å². The van der Waals surface area contributed by atoms with Gasteiger partial charge in [-0.05, 0) is 66.6 Å². The Kier molecular flexibility index (Phi) is 10.3. The summed E-state index contributed by atoms with van der Waals surface area (Å²) in [4.78, 5) is 56.6. The van der Waals surface area contributed by atoms with Gasteiger partial charge in [0, 0.05) is 11.1 Å². The first kappa shape index (κ1) is 41.2. The molecule has 0 spiro atoms. The Morgan fingerprint density at radius 2 is 1.08 bits per heavy atom. The number of esters is 4. The lowest BCUT2D eigenvalue weighted by Gasteiger charge is -2.44. The topological polar surface area (TPSA) is 346 Å². The van der Waals surface area contributed by atoms with E-state index in [0.29, 0.717) is 49.9 Å². The van der Waals surface area contributed by atoms with Crippen molar-refractivity contribution in [2.24, 2.45) is 5.92 Å². The van der Waals surface area contributed by atoms with Crippen LogP contribution in [0.4, 0.5) is 0 Å². The maximum Gasteiger partial charge on any atom is 0.340 e. The van der Waals surface area contributed by atoms with E-state index in [1.54, 1.807) is 0 Å². The summed E-state index contributed by atoms with van der Waals surface area (Å²) < 4.78 is 35.7. The number of phenolic OH excluding ortho intramolecular Hbond substituents is 11. The number of aromatic hydroxyl groups is 11. The molecule has 2 fully saturated rings. The van der Waals surface area contributed by atoms with Crippen LogP contribution in [-0.4, -0.2) is 124 Å². The van der Waals surface area contributed by atoms with Gasteiger partial charge in [-0.1, -0.05) is 12.8 Å². The van der Waals surface area contributed by atoms with Gasteiger partial charge >= 0.3 is 23.9 Å². The lowest BCUT2D eigenvalue weighted by Crippen LogP contribution is -2.63. The van der Waals surface area contributed by atoms with Crippen molar-refractivity contribution >= 4 is 23.9 Å². The zero-order valence-corrected chi connectivity index (χ0v) is 31.8. The van der Waals surface area contributed by atoms with E-state index in [0.717, 1.165) is 6.07 Å². The molecule has 326 valence electrons. The summed E-state index contributed by atoms with van der Waals surface area (Å²) >= 11 is 0. The van der Waals surface area contributed by atoms with Gasteiger partial charge < -0.3 is 84.6 Å². The fourth-order valence-corrected chi connectivity index (χ4v) is 8.32. The third-order valence-corrected chi connectivity index (χ3v) is 11.4.